The second-order valence-corrected chi connectivity index (χ2v) is 7.02. The van der Waals surface area contributed by atoms with Gasteiger partial charge in [-0.05, 0) is 72.4 Å². The molecule has 25 heavy (non-hydrogen) atoms. The van der Waals surface area contributed by atoms with Crippen molar-refractivity contribution in [1.29, 1.82) is 0 Å². The second-order valence-electron chi connectivity index (χ2n) is 7.02. The molecule has 6 rings (SSSR count). The number of benzene rings is 6. The molecule has 0 spiro atoms. The van der Waals surface area contributed by atoms with Crippen molar-refractivity contribution in [3.63, 3.8) is 0 Å². The first-order valence-corrected chi connectivity index (χ1v) is 8.80. The van der Waals surface area contributed by atoms with Crippen LogP contribution >= 0.6 is 0 Å². The molecule has 0 unspecified atom stereocenters. The minimum Gasteiger partial charge on any atom is -0.0616 e. The molecule has 0 nitrogen and oxygen atoms in total. The van der Waals surface area contributed by atoms with Crippen LogP contribution in [0.5, 0.6) is 0 Å². The number of rotatable bonds is 0. The Labute approximate surface area is 145 Å². The highest BCUT2D eigenvalue weighted by Crippen LogP contribution is 2.42. The molecule has 0 bridgehead atoms. The molecule has 0 saturated heterocycles. The average Bonchev–Trinajstić information content (AvgIpc) is 2.67. The van der Waals surface area contributed by atoms with Crippen LogP contribution < -0.4 is 0 Å². The van der Waals surface area contributed by atoms with Gasteiger partial charge in [0.15, 0.2) is 0 Å². The SMILES string of the molecule is Cc1c2ccccc2c2ccc3c4ccccc4cc4ccc1c2c43. The van der Waals surface area contributed by atoms with Crippen LogP contribution in [0.1, 0.15) is 5.56 Å². The van der Waals surface area contributed by atoms with Gasteiger partial charge in [0.05, 0.1) is 0 Å². The summed E-state index contributed by atoms with van der Waals surface area (Å²) in [6.07, 6.45) is 0. The lowest BCUT2D eigenvalue weighted by Crippen LogP contribution is -1.90. The molecule has 0 fully saturated rings. The Morgan fingerprint density at radius 3 is 1.92 bits per heavy atom. The summed E-state index contributed by atoms with van der Waals surface area (Å²) in [7, 11) is 0. The standard InChI is InChI=1S/C25H16/c1-15-18-7-4-5-9-21(18)23-13-12-22-20-8-3-2-6-16(20)14-17-10-11-19(15)25(23)24(17)22/h2-14H,1H3. The molecule has 0 heteroatoms. The lowest BCUT2D eigenvalue weighted by atomic mass is 9.86. The van der Waals surface area contributed by atoms with Crippen molar-refractivity contribution in [1.82, 2.24) is 0 Å². The topological polar surface area (TPSA) is 0 Å². The highest BCUT2D eigenvalue weighted by molar-refractivity contribution is 6.33. The Kier molecular flexibility index (Phi) is 2.37. The Morgan fingerprint density at radius 1 is 0.440 bits per heavy atom. The van der Waals surface area contributed by atoms with Gasteiger partial charge in [0.1, 0.15) is 0 Å². The van der Waals surface area contributed by atoms with Crippen LogP contribution in [0.25, 0.3) is 53.9 Å². The van der Waals surface area contributed by atoms with E-state index in [4.69, 9.17) is 0 Å². The van der Waals surface area contributed by atoms with Gasteiger partial charge in [0, 0.05) is 0 Å². The molecule has 6 aromatic carbocycles. The summed E-state index contributed by atoms with van der Waals surface area (Å²) >= 11 is 0. The van der Waals surface area contributed by atoms with Crippen molar-refractivity contribution < 1.29 is 0 Å². The molecule has 0 atom stereocenters. The van der Waals surface area contributed by atoms with E-state index in [1.165, 1.54) is 59.4 Å². The normalized spacial score (nSPS) is 12.2. The zero-order valence-electron chi connectivity index (χ0n) is 14.0. The first-order valence-electron chi connectivity index (χ1n) is 8.80. The van der Waals surface area contributed by atoms with E-state index in [0.717, 1.165) is 0 Å². The van der Waals surface area contributed by atoms with Crippen molar-refractivity contribution in [2.24, 2.45) is 0 Å². The molecule has 0 aliphatic rings. The van der Waals surface area contributed by atoms with Crippen molar-refractivity contribution in [3.05, 3.63) is 84.4 Å². The molecule has 6 aromatic rings. The molecule has 0 aliphatic heterocycles. The van der Waals surface area contributed by atoms with Crippen LogP contribution in [0.2, 0.25) is 0 Å². The van der Waals surface area contributed by atoms with Crippen LogP contribution in [0, 0.1) is 6.92 Å². The van der Waals surface area contributed by atoms with Gasteiger partial charge in [-0.15, -0.1) is 0 Å². The van der Waals surface area contributed by atoms with Crippen LogP contribution in [0.15, 0.2) is 78.9 Å². The van der Waals surface area contributed by atoms with Gasteiger partial charge in [-0.25, -0.2) is 0 Å². The van der Waals surface area contributed by atoms with Crippen LogP contribution in [0.3, 0.4) is 0 Å². The van der Waals surface area contributed by atoms with Gasteiger partial charge >= 0.3 is 0 Å². The Balaban J connectivity index is 2.02. The Bertz CT molecular complexity index is 1440. The summed E-state index contributed by atoms with van der Waals surface area (Å²) in [6, 6.07) is 29.1. The van der Waals surface area contributed by atoms with Gasteiger partial charge in [0.2, 0.25) is 0 Å². The van der Waals surface area contributed by atoms with E-state index in [1.54, 1.807) is 0 Å². The smallest absolute Gasteiger partial charge is 0.00175 e. The van der Waals surface area contributed by atoms with Crippen molar-refractivity contribution >= 4 is 53.9 Å². The van der Waals surface area contributed by atoms with E-state index in [-0.39, 0.29) is 0 Å². The Morgan fingerprint density at radius 2 is 1.08 bits per heavy atom. The second kappa shape index (κ2) is 4.49. The van der Waals surface area contributed by atoms with Crippen LogP contribution in [-0.2, 0) is 0 Å². The van der Waals surface area contributed by atoms with Gasteiger partial charge in [0.25, 0.3) is 0 Å². The maximum atomic E-state index is 2.33. The molecule has 0 radical (unpaired) electrons. The fourth-order valence-electron chi connectivity index (χ4n) is 4.63. The van der Waals surface area contributed by atoms with Crippen molar-refractivity contribution in [3.8, 4) is 0 Å². The predicted octanol–water partition coefficient (Wildman–Crippen LogP) is 7.20. The number of aryl methyl sites for hydroxylation is 1. The molecular weight excluding hydrogens is 300 g/mol. The minimum atomic E-state index is 1.31. The molecule has 116 valence electrons. The lowest BCUT2D eigenvalue weighted by Gasteiger charge is -2.17. The largest absolute Gasteiger partial charge is 0.0616 e. The molecule has 0 saturated carbocycles. The fourth-order valence-corrected chi connectivity index (χ4v) is 4.63. The number of hydrogen-bond acceptors (Lipinski definition) is 0. The van der Waals surface area contributed by atoms with E-state index >= 15 is 0 Å². The molecule has 0 amide bonds. The molecule has 0 heterocycles. The first kappa shape index (κ1) is 13.2. The molecule has 0 aromatic heterocycles. The Hall–Kier alpha value is -3.12. The number of hydrogen-bond donors (Lipinski definition) is 0. The summed E-state index contributed by atoms with van der Waals surface area (Å²) in [5, 5.41) is 13.6. The molecular formula is C25H16. The van der Waals surface area contributed by atoms with Crippen LogP contribution in [-0.4, -0.2) is 0 Å². The highest BCUT2D eigenvalue weighted by Gasteiger charge is 2.14. The fraction of sp³-hybridized carbons (Fsp3) is 0.0400. The van der Waals surface area contributed by atoms with Gasteiger partial charge in [-0.3, -0.25) is 0 Å². The van der Waals surface area contributed by atoms with Gasteiger partial charge < -0.3 is 0 Å². The van der Waals surface area contributed by atoms with Crippen LogP contribution in [0.4, 0.5) is 0 Å². The lowest BCUT2D eigenvalue weighted by molar-refractivity contribution is 1.60. The maximum Gasteiger partial charge on any atom is -0.00175 e. The zero-order valence-corrected chi connectivity index (χ0v) is 14.0. The molecule has 0 aliphatic carbocycles. The zero-order chi connectivity index (χ0) is 16.5. The van der Waals surface area contributed by atoms with Gasteiger partial charge in [-0.1, -0.05) is 72.8 Å². The monoisotopic (exact) mass is 316 g/mol. The summed E-state index contributed by atoms with van der Waals surface area (Å²) in [4.78, 5) is 0. The van der Waals surface area contributed by atoms with Crippen molar-refractivity contribution in [2.75, 3.05) is 0 Å². The summed E-state index contributed by atoms with van der Waals surface area (Å²) in [5.41, 5.74) is 1.38. The van der Waals surface area contributed by atoms with Gasteiger partial charge in [-0.2, -0.15) is 0 Å². The van der Waals surface area contributed by atoms with E-state index in [9.17, 15) is 0 Å². The minimum absolute atomic E-state index is 1.31. The average molecular weight is 316 g/mol. The van der Waals surface area contributed by atoms with E-state index < -0.39 is 0 Å². The number of fused-ring (bicyclic) bond motifs is 4. The summed E-state index contributed by atoms with van der Waals surface area (Å²) in [6.45, 7) is 2.26. The summed E-state index contributed by atoms with van der Waals surface area (Å²) in [5.74, 6) is 0. The highest BCUT2D eigenvalue weighted by atomic mass is 14.2. The maximum absolute atomic E-state index is 2.33. The van der Waals surface area contributed by atoms with E-state index in [2.05, 4.69) is 85.8 Å². The van der Waals surface area contributed by atoms with E-state index in [0.29, 0.717) is 0 Å². The first-order chi connectivity index (χ1) is 12.3. The third kappa shape index (κ3) is 1.57. The quantitative estimate of drug-likeness (QED) is 0.205. The third-order valence-electron chi connectivity index (χ3n) is 5.78. The van der Waals surface area contributed by atoms with E-state index in [1.807, 2.05) is 0 Å². The predicted molar refractivity (Wildman–Crippen MR) is 110 cm³/mol. The molecule has 0 N–H and O–H groups in total. The summed E-state index contributed by atoms with van der Waals surface area (Å²) < 4.78 is 0. The third-order valence-corrected chi connectivity index (χ3v) is 5.78. The van der Waals surface area contributed by atoms with Crippen molar-refractivity contribution in [2.45, 2.75) is 6.92 Å².